The normalized spacial score (nSPS) is 10.6. The molecule has 0 saturated heterocycles. The van der Waals surface area contributed by atoms with Gasteiger partial charge in [-0.2, -0.15) is 0 Å². The van der Waals surface area contributed by atoms with Gasteiger partial charge < -0.3 is 4.42 Å². The van der Waals surface area contributed by atoms with Crippen molar-refractivity contribution < 1.29 is 4.42 Å². The number of alkyl halides is 1. The molecule has 0 spiro atoms. The third-order valence-electron chi connectivity index (χ3n) is 1.47. The molecule has 2 heterocycles. The number of hydrogen-bond donors (Lipinski definition) is 0. The van der Waals surface area contributed by atoms with Gasteiger partial charge >= 0.3 is 0 Å². The molecule has 0 saturated carbocycles. The highest BCUT2D eigenvalue weighted by molar-refractivity contribution is 9.10. The molecule has 0 fully saturated rings. The van der Waals surface area contributed by atoms with Gasteiger partial charge in [0, 0.05) is 5.38 Å². The maximum atomic E-state index is 5.64. The van der Waals surface area contributed by atoms with E-state index in [0.29, 0.717) is 10.5 Å². The number of thiazole rings is 1. The van der Waals surface area contributed by atoms with Crippen LogP contribution in [0.3, 0.4) is 0 Å². The van der Waals surface area contributed by atoms with Crippen LogP contribution in [0.1, 0.15) is 5.69 Å². The Hall–Kier alpha value is -0.320. The Morgan fingerprint density at radius 3 is 2.92 bits per heavy atom. The van der Waals surface area contributed by atoms with E-state index in [1.165, 1.54) is 11.3 Å². The second-order valence-corrected chi connectivity index (χ2v) is 4.29. The Labute approximate surface area is 92.7 Å². The molecule has 0 aliphatic heterocycles. The molecule has 0 aliphatic rings. The van der Waals surface area contributed by atoms with Crippen LogP contribution in [0.25, 0.3) is 10.8 Å². The number of furan rings is 1. The predicted octanol–water partition coefficient (Wildman–Crippen LogP) is 3.90. The van der Waals surface area contributed by atoms with Crippen molar-refractivity contribution in [1.29, 1.82) is 0 Å². The van der Waals surface area contributed by atoms with Crippen molar-refractivity contribution in [2.45, 2.75) is 5.88 Å². The lowest BCUT2D eigenvalue weighted by Gasteiger charge is -1.86. The number of hydrogen-bond acceptors (Lipinski definition) is 3. The number of nitrogens with zero attached hydrogens (tertiary/aromatic N) is 1. The van der Waals surface area contributed by atoms with Crippen LogP contribution in [-0.4, -0.2) is 4.98 Å². The van der Waals surface area contributed by atoms with E-state index in [2.05, 4.69) is 20.9 Å². The molecule has 13 heavy (non-hydrogen) atoms. The summed E-state index contributed by atoms with van der Waals surface area (Å²) >= 11 is 10.4. The van der Waals surface area contributed by atoms with Crippen molar-refractivity contribution in [2.24, 2.45) is 0 Å². The average Bonchev–Trinajstić information content (AvgIpc) is 2.71. The van der Waals surface area contributed by atoms with Crippen molar-refractivity contribution in [3.63, 3.8) is 0 Å². The minimum atomic E-state index is 0.443. The number of aromatic nitrogens is 1. The molecule has 68 valence electrons. The molecular weight excluding hydrogens is 274 g/mol. The molecule has 2 aromatic rings. The molecule has 0 amide bonds. The van der Waals surface area contributed by atoms with Gasteiger partial charge in [0.25, 0.3) is 0 Å². The molecule has 2 aromatic heterocycles. The molecule has 0 atom stereocenters. The summed E-state index contributed by atoms with van der Waals surface area (Å²) in [6, 6.07) is 3.72. The second-order valence-electron chi connectivity index (χ2n) is 2.38. The summed E-state index contributed by atoms with van der Waals surface area (Å²) in [6.07, 6.45) is 0. The molecule has 0 aliphatic carbocycles. The predicted molar refractivity (Wildman–Crippen MR) is 57.1 cm³/mol. The molecule has 2 rings (SSSR count). The lowest BCUT2D eigenvalue weighted by molar-refractivity contribution is 0.555. The van der Waals surface area contributed by atoms with Crippen LogP contribution in [0.5, 0.6) is 0 Å². The van der Waals surface area contributed by atoms with Crippen molar-refractivity contribution in [2.75, 3.05) is 0 Å². The summed E-state index contributed by atoms with van der Waals surface area (Å²) in [7, 11) is 0. The third-order valence-corrected chi connectivity index (χ3v) is 3.08. The Morgan fingerprint density at radius 2 is 2.38 bits per heavy atom. The molecule has 0 radical (unpaired) electrons. The monoisotopic (exact) mass is 277 g/mol. The van der Waals surface area contributed by atoms with Gasteiger partial charge in [0.15, 0.2) is 15.4 Å². The molecule has 0 bridgehead atoms. The zero-order valence-corrected chi connectivity index (χ0v) is 9.62. The van der Waals surface area contributed by atoms with Gasteiger partial charge in [-0.05, 0) is 28.1 Å². The quantitative estimate of drug-likeness (QED) is 0.779. The number of halogens is 2. The largest absolute Gasteiger partial charge is 0.447 e. The molecule has 0 N–H and O–H groups in total. The van der Waals surface area contributed by atoms with Crippen molar-refractivity contribution in [1.82, 2.24) is 4.98 Å². The Bertz CT molecular complexity index is 412. The molecule has 5 heteroatoms. The summed E-state index contributed by atoms with van der Waals surface area (Å²) < 4.78 is 6.06. The van der Waals surface area contributed by atoms with Gasteiger partial charge in [-0.3, -0.25) is 0 Å². The van der Waals surface area contributed by atoms with Crippen molar-refractivity contribution in [3.05, 3.63) is 27.9 Å². The summed E-state index contributed by atoms with van der Waals surface area (Å²) in [4.78, 5) is 4.28. The Kier molecular flexibility index (Phi) is 2.71. The fourth-order valence-electron chi connectivity index (χ4n) is 0.911. The summed E-state index contributed by atoms with van der Waals surface area (Å²) in [5.41, 5.74) is 0.884. The summed E-state index contributed by atoms with van der Waals surface area (Å²) in [6.45, 7) is 0. The third kappa shape index (κ3) is 1.95. The van der Waals surface area contributed by atoms with Crippen LogP contribution in [0.15, 0.2) is 26.6 Å². The van der Waals surface area contributed by atoms with Crippen LogP contribution >= 0.6 is 38.9 Å². The highest BCUT2D eigenvalue weighted by Crippen LogP contribution is 2.27. The van der Waals surface area contributed by atoms with Crippen LogP contribution in [0, 0.1) is 0 Å². The van der Waals surface area contributed by atoms with Crippen LogP contribution in [0.4, 0.5) is 0 Å². The van der Waals surface area contributed by atoms with Gasteiger partial charge in [-0.15, -0.1) is 22.9 Å². The Balaban J connectivity index is 2.35. The van der Waals surface area contributed by atoms with Crippen molar-refractivity contribution >= 4 is 38.9 Å². The highest BCUT2D eigenvalue weighted by Gasteiger charge is 2.07. The SMILES string of the molecule is ClCc1csc(-c2ccc(Br)o2)n1. The molecular formula is C8H5BrClNOS. The first-order chi connectivity index (χ1) is 6.29. The minimum absolute atomic E-state index is 0.443. The van der Waals surface area contributed by atoms with E-state index in [4.69, 9.17) is 16.0 Å². The smallest absolute Gasteiger partial charge is 0.170 e. The van der Waals surface area contributed by atoms with E-state index < -0.39 is 0 Å². The van der Waals surface area contributed by atoms with Gasteiger partial charge in [0.2, 0.25) is 0 Å². The summed E-state index contributed by atoms with van der Waals surface area (Å²) in [5, 5.41) is 2.79. The van der Waals surface area contributed by atoms with Gasteiger partial charge in [0.1, 0.15) is 0 Å². The zero-order valence-electron chi connectivity index (χ0n) is 6.46. The first-order valence-corrected chi connectivity index (χ1v) is 5.76. The average molecular weight is 279 g/mol. The standard InChI is InChI=1S/C8H5BrClNOS/c9-7-2-1-6(12-7)8-11-5(3-10)4-13-8/h1-2,4H,3H2. The van der Waals surface area contributed by atoms with Gasteiger partial charge in [-0.25, -0.2) is 4.98 Å². The zero-order chi connectivity index (χ0) is 9.26. The summed E-state index contributed by atoms with van der Waals surface area (Å²) in [5.74, 6) is 1.21. The van der Waals surface area contributed by atoms with E-state index in [0.717, 1.165) is 16.5 Å². The Morgan fingerprint density at radius 1 is 1.54 bits per heavy atom. The first kappa shape index (κ1) is 9.24. The van der Waals surface area contributed by atoms with Crippen LogP contribution in [-0.2, 0) is 5.88 Å². The van der Waals surface area contributed by atoms with Gasteiger partial charge in [-0.1, -0.05) is 0 Å². The van der Waals surface area contributed by atoms with E-state index >= 15 is 0 Å². The number of rotatable bonds is 2. The van der Waals surface area contributed by atoms with E-state index in [9.17, 15) is 0 Å². The topological polar surface area (TPSA) is 26.0 Å². The first-order valence-electron chi connectivity index (χ1n) is 3.55. The fraction of sp³-hybridized carbons (Fsp3) is 0.125. The fourth-order valence-corrected chi connectivity index (χ4v) is 2.23. The lowest BCUT2D eigenvalue weighted by Crippen LogP contribution is -1.76. The van der Waals surface area contributed by atoms with E-state index in [1.807, 2.05) is 17.5 Å². The second kappa shape index (κ2) is 3.82. The highest BCUT2D eigenvalue weighted by atomic mass is 79.9. The van der Waals surface area contributed by atoms with Crippen LogP contribution in [0.2, 0.25) is 0 Å². The van der Waals surface area contributed by atoms with E-state index in [1.54, 1.807) is 0 Å². The molecule has 0 unspecified atom stereocenters. The maximum absolute atomic E-state index is 5.64. The van der Waals surface area contributed by atoms with E-state index in [-0.39, 0.29) is 0 Å². The van der Waals surface area contributed by atoms with Crippen LogP contribution < -0.4 is 0 Å². The maximum Gasteiger partial charge on any atom is 0.170 e. The molecule has 0 aromatic carbocycles. The molecule has 2 nitrogen and oxygen atoms in total. The lowest BCUT2D eigenvalue weighted by atomic mass is 10.5. The van der Waals surface area contributed by atoms with Gasteiger partial charge in [0.05, 0.1) is 11.6 Å². The minimum Gasteiger partial charge on any atom is -0.447 e. The van der Waals surface area contributed by atoms with Crippen molar-refractivity contribution in [3.8, 4) is 10.8 Å².